The molecule has 0 spiro atoms. The first kappa shape index (κ1) is 16.2. The summed E-state index contributed by atoms with van der Waals surface area (Å²) in [6, 6.07) is 0.247. The first-order chi connectivity index (χ1) is 9.04. The second-order valence-corrected chi connectivity index (χ2v) is 5.65. The van der Waals surface area contributed by atoms with E-state index in [2.05, 4.69) is 48.8 Å². The topological polar surface area (TPSA) is 39.1 Å². The predicted octanol–water partition coefficient (Wildman–Crippen LogP) is 3.15. The Balaban J connectivity index is 2.85. The molecule has 1 rings (SSSR count). The summed E-state index contributed by atoms with van der Waals surface area (Å²) < 4.78 is 7.82. The van der Waals surface area contributed by atoms with Crippen molar-refractivity contribution in [2.24, 2.45) is 0 Å². The van der Waals surface area contributed by atoms with Crippen LogP contribution in [0, 0.1) is 0 Å². The van der Waals surface area contributed by atoms with E-state index in [-0.39, 0.29) is 11.6 Å². The van der Waals surface area contributed by atoms with Gasteiger partial charge >= 0.3 is 0 Å². The predicted molar refractivity (Wildman–Crippen MR) is 79.3 cm³/mol. The highest BCUT2D eigenvalue weighted by atomic mass is 16.5. The highest BCUT2D eigenvalue weighted by Crippen LogP contribution is 2.25. The first-order valence-electron chi connectivity index (χ1n) is 7.33. The average Bonchev–Trinajstić information content (AvgIpc) is 2.83. The van der Waals surface area contributed by atoms with Crippen molar-refractivity contribution in [3.8, 4) is 0 Å². The third kappa shape index (κ3) is 4.96. The van der Waals surface area contributed by atoms with Crippen LogP contribution >= 0.6 is 0 Å². The van der Waals surface area contributed by atoms with Crippen molar-refractivity contribution < 1.29 is 4.74 Å². The summed E-state index contributed by atoms with van der Waals surface area (Å²) in [4.78, 5) is 4.55. The molecular formula is C15H29N3O. The Morgan fingerprint density at radius 2 is 2.11 bits per heavy atom. The maximum Gasteiger partial charge on any atom is 0.125 e. The Hall–Kier alpha value is -0.870. The van der Waals surface area contributed by atoms with Gasteiger partial charge in [0.1, 0.15) is 5.82 Å². The Morgan fingerprint density at radius 3 is 2.68 bits per heavy atom. The van der Waals surface area contributed by atoms with Crippen molar-refractivity contribution in [1.82, 2.24) is 14.9 Å². The van der Waals surface area contributed by atoms with Crippen LogP contribution in [0.5, 0.6) is 0 Å². The summed E-state index contributed by atoms with van der Waals surface area (Å²) in [5.41, 5.74) is -0.144. The molecule has 1 heterocycles. The number of rotatable bonds is 9. The Morgan fingerprint density at radius 1 is 1.37 bits per heavy atom. The van der Waals surface area contributed by atoms with Gasteiger partial charge in [-0.2, -0.15) is 0 Å². The molecule has 1 N–H and O–H groups in total. The first-order valence-corrected chi connectivity index (χ1v) is 7.33. The maximum atomic E-state index is 5.57. The van der Waals surface area contributed by atoms with E-state index < -0.39 is 0 Å². The molecule has 0 aliphatic rings. The zero-order valence-electron chi connectivity index (χ0n) is 13.1. The zero-order valence-corrected chi connectivity index (χ0v) is 13.1. The zero-order chi connectivity index (χ0) is 14.3. The number of hydrogen-bond donors (Lipinski definition) is 1. The number of imidazole rings is 1. The Labute approximate surface area is 117 Å². The molecule has 1 aromatic rings. The van der Waals surface area contributed by atoms with Gasteiger partial charge in [-0.25, -0.2) is 4.98 Å². The van der Waals surface area contributed by atoms with Gasteiger partial charge in [0.15, 0.2) is 0 Å². The lowest BCUT2D eigenvalue weighted by Crippen LogP contribution is -2.34. The number of nitrogens with one attached hydrogen (secondary N) is 1. The molecular weight excluding hydrogens is 238 g/mol. The van der Waals surface area contributed by atoms with Crippen molar-refractivity contribution in [2.75, 3.05) is 13.7 Å². The van der Waals surface area contributed by atoms with Gasteiger partial charge in [-0.15, -0.1) is 0 Å². The van der Waals surface area contributed by atoms with E-state index in [1.54, 1.807) is 7.11 Å². The highest BCUT2D eigenvalue weighted by molar-refractivity contribution is 5.01. The van der Waals surface area contributed by atoms with Crippen LogP contribution in [0.4, 0.5) is 0 Å². The van der Waals surface area contributed by atoms with E-state index in [0.717, 1.165) is 38.2 Å². The molecule has 0 aliphatic heterocycles. The normalized spacial score (nSPS) is 13.7. The van der Waals surface area contributed by atoms with Gasteiger partial charge in [0.2, 0.25) is 0 Å². The summed E-state index contributed by atoms with van der Waals surface area (Å²) in [5, 5.41) is 3.60. The second kappa shape index (κ2) is 7.65. The number of aromatic nitrogens is 2. The third-order valence-corrected chi connectivity index (χ3v) is 3.41. The Bertz CT molecular complexity index is 360. The van der Waals surface area contributed by atoms with Crippen LogP contribution in [0.1, 0.15) is 58.8 Å². The molecule has 0 radical (unpaired) electrons. The van der Waals surface area contributed by atoms with E-state index in [0.29, 0.717) is 0 Å². The van der Waals surface area contributed by atoms with Crippen LogP contribution in [0.15, 0.2) is 12.4 Å². The SMILES string of the molecule is CCCNC(CC(C)(C)OC)c1nccn1CCC. The minimum atomic E-state index is -0.144. The smallest absolute Gasteiger partial charge is 0.125 e. The van der Waals surface area contributed by atoms with E-state index in [9.17, 15) is 0 Å². The molecule has 4 nitrogen and oxygen atoms in total. The van der Waals surface area contributed by atoms with Crippen LogP contribution in [0.3, 0.4) is 0 Å². The molecule has 19 heavy (non-hydrogen) atoms. The number of methoxy groups -OCH3 is 1. The fraction of sp³-hybridized carbons (Fsp3) is 0.800. The molecule has 0 amide bonds. The second-order valence-electron chi connectivity index (χ2n) is 5.65. The fourth-order valence-electron chi connectivity index (χ4n) is 2.21. The van der Waals surface area contributed by atoms with Crippen molar-refractivity contribution in [1.29, 1.82) is 0 Å². The molecule has 1 aromatic heterocycles. The van der Waals surface area contributed by atoms with Crippen molar-refractivity contribution in [3.05, 3.63) is 18.2 Å². The van der Waals surface area contributed by atoms with Gasteiger partial charge in [0.05, 0.1) is 11.6 Å². The van der Waals surface area contributed by atoms with Gasteiger partial charge in [-0.3, -0.25) is 0 Å². The molecule has 4 heteroatoms. The maximum absolute atomic E-state index is 5.57. The number of ether oxygens (including phenoxy) is 1. The minimum Gasteiger partial charge on any atom is -0.379 e. The van der Waals surface area contributed by atoms with Crippen molar-refractivity contribution >= 4 is 0 Å². The standard InChI is InChI=1S/C15H29N3O/c1-6-8-16-13(12-15(3,4)19-5)14-17-9-11-18(14)10-7-2/h9,11,13,16H,6-8,10,12H2,1-5H3. The molecule has 0 fully saturated rings. The van der Waals surface area contributed by atoms with E-state index in [1.165, 1.54) is 0 Å². The lowest BCUT2D eigenvalue weighted by atomic mass is 9.98. The van der Waals surface area contributed by atoms with Gasteiger partial charge < -0.3 is 14.6 Å². The third-order valence-electron chi connectivity index (χ3n) is 3.41. The van der Waals surface area contributed by atoms with Gasteiger partial charge in [0.25, 0.3) is 0 Å². The molecule has 1 unspecified atom stereocenters. The van der Waals surface area contributed by atoms with Crippen molar-refractivity contribution in [2.45, 2.75) is 65.1 Å². The molecule has 0 aromatic carbocycles. The molecule has 0 bridgehead atoms. The monoisotopic (exact) mass is 267 g/mol. The number of nitrogens with zero attached hydrogens (tertiary/aromatic N) is 2. The average molecular weight is 267 g/mol. The summed E-state index contributed by atoms with van der Waals surface area (Å²) in [6.45, 7) is 10.7. The van der Waals surface area contributed by atoms with Crippen LogP contribution in [-0.2, 0) is 11.3 Å². The van der Waals surface area contributed by atoms with E-state index in [4.69, 9.17) is 4.74 Å². The molecule has 0 aliphatic carbocycles. The van der Waals surface area contributed by atoms with Gasteiger partial charge in [-0.05, 0) is 39.7 Å². The number of aryl methyl sites for hydroxylation is 1. The van der Waals surface area contributed by atoms with Crippen LogP contribution < -0.4 is 5.32 Å². The summed E-state index contributed by atoms with van der Waals surface area (Å²) in [7, 11) is 1.77. The minimum absolute atomic E-state index is 0.144. The quantitative estimate of drug-likeness (QED) is 0.747. The highest BCUT2D eigenvalue weighted by Gasteiger charge is 2.26. The van der Waals surface area contributed by atoms with E-state index >= 15 is 0 Å². The number of hydrogen-bond acceptors (Lipinski definition) is 3. The molecule has 1 atom stereocenters. The van der Waals surface area contributed by atoms with Crippen LogP contribution in [-0.4, -0.2) is 28.8 Å². The van der Waals surface area contributed by atoms with Crippen LogP contribution in [0.2, 0.25) is 0 Å². The van der Waals surface area contributed by atoms with Gasteiger partial charge in [0, 0.05) is 26.0 Å². The molecule has 0 saturated heterocycles. The Kier molecular flexibility index (Phi) is 6.52. The largest absolute Gasteiger partial charge is 0.379 e. The fourth-order valence-corrected chi connectivity index (χ4v) is 2.21. The molecule has 0 saturated carbocycles. The summed E-state index contributed by atoms with van der Waals surface area (Å²) in [6.07, 6.45) is 7.13. The van der Waals surface area contributed by atoms with Crippen LogP contribution in [0.25, 0.3) is 0 Å². The lowest BCUT2D eigenvalue weighted by Gasteiger charge is -2.29. The lowest BCUT2D eigenvalue weighted by molar-refractivity contribution is 0.00583. The summed E-state index contributed by atoms with van der Waals surface area (Å²) >= 11 is 0. The van der Waals surface area contributed by atoms with Gasteiger partial charge in [-0.1, -0.05) is 13.8 Å². The van der Waals surface area contributed by atoms with Crippen molar-refractivity contribution in [3.63, 3.8) is 0 Å². The summed E-state index contributed by atoms with van der Waals surface area (Å²) in [5.74, 6) is 1.13. The van der Waals surface area contributed by atoms with E-state index in [1.807, 2.05) is 6.20 Å². The molecule has 110 valence electrons.